The number of benzene rings is 2. The van der Waals surface area contributed by atoms with Crippen molar-refractivity contribution in [2.75, 3.05) is 11.6 Å². The molecule has 0 saturated carbocycles. The van der Waals surface area contributed by atoms with Gasteiger partial charge in [0.2, 0.25) is 0 Å². The topological polar surface area (TPSA) is 81.1 Å². The van der Waals surface area contributed by atoms with Crippen LogP contribution in [0.3, 0.4) is 0 Å². The molecule has 25 heavy (non-hydrogen) atoms. The van der Waals surface area contributed by atoms with E-state index < -0.39 is 9.84 Å². The molecule has 7 heteroatoms. The Labute approximate surface area is 146 Å². The summed E-state index contributed by atoms with van der Waals surface area (Å²) in [5, 5.41) is 6.93. The number of anilines is 1. The number of carbonyl (C=O) groups is 1. The van der Waals surface area contributed by atoms with E-state index in [2.05, 4.69) is 10.4 Å². The smallest absolute Gasteiger partial charge is 0.255 e. The van der Waals surface area contributed by atoms with Crippen LogP contribution in [0.4, 0.5) is 5.69 Å². The molecule has 0 spiro atoms. The lowest BCUT2D eigenvalue weighted by atomic mass is 10.1. The summed E-state index contributed by atoms with van der Waals surface area (Å²) in [7, 11) is -3.37. The molecule has 0 aliphatic rings. The summed E-state index contributed by atoms with van der Waals surface area (Å²) >= 11 is 0. The molecule has 1 aromatic heterocycles. The summed E-state index contributed by atoms with van der Waals surface area (Å²) in [4.78, 5) is 12.6. The Kier molecular flexibility index (Phi) is 4.41. The van der Waals surface area contributed by atoms with Crippen molar-refractivity contribution in [3.63, 3.8) is 0 Å². The molecule has 6 nitrogen and oxygen atoms in total. The first-order valence-corrected chi connectivity index (χ1v) is 9.46. The average molecular weight is 355 g/mol. The molecule has 0 bridgehead atoms. The fourth-order valence-corrected chi connectivity index (χ4v) is 3.04. The zero-order valence-electron chi connectivity index (χ0n) is 13.8. The second-order valence-corrected chi connectivity index (χ2v) is 7.72. The van der Waals surface area contributed by atoms with Crippen LogP contribution in [0.5, 0.6) is 0 Å². The molecule has 0 fully saturated rings. The zero-order valence-corrected chi connectivity index (χ0v) is 14.6. The van der Waals surface area contributed by atoms with E-state index in [4.69, 9.17) is 0 Å². The van der Waals surface area contributed by atoms with Gasteiger partial charge in [0.15, 0.2) is 9.84 Å². The van der Waals surface area contributed by atoms with Gasteiger partial charge in [0.25, 0.3) is 5.91 Å². The van der Waals surface area contributed by atoms with Crippen molar-refractivity contribution >= 4 is 21.4 Å². The molecule has 0 aliphatic heterocycles. The largest absolute Gasteiger partial charge is 0.322 e. The standard InChI is InChI=1S/C18H17N3O3S/c1-13-4-9-16(25(2,23)24)12-17(13)18(22)20-14-5-7-15(8-6-14)21-11-3-10-19-21/h3-12H,1-2H3,(H,20,22). The second kappa shape index (κ2) is 6.52. The van der Waals surface area contributed by atoms with Crippen LogP contribution in [0.25, 0.3) is 5.69 Å². The highest BCUT2D eigenvalue weighted by atomic mass is 32.2. The number of carbonyl (C=O) groups excluding carboxylic acids is 1. The van der Waals surface area contributed by atoms with Crippen LogP contribution < -0.4 is 5.32 Å². The minimum atomic E-state index is -3.37. The Balaban J connectivity index is 1.83. The van der Waals surface area contributed by atoms with Gasteiger partial charge in [-0.25, -0.2) is 13.1 Å². The summed E-state index contributed by atoms with van der Waals surface area (Å²) in [5.41, 5.74) is 2.53. The van der Waals surface area contributed by atoms with Crippen LogP contribution in [-0.2, 0) is 9.84 Å². The number of rotatable bonds is 4. The highest BCUT2D eigenvalue weighted by Gasteiger charge is 2.14. The van der Waals surface area contributed by atoms with Gasteiger partial charge in [0.05, 0.1) is 10.6 Å². The van der Waals surface area contributed by atoms with Crippen LogP contribution in [-0.4, -0.2) is 30.4 Å². The number of aromatic nitrogens is 2. The average Bonchev–Trinajstić information content (AvgIpc) is 3.09. The first kappa shape index (κ1) is 16.9. The molecule has 0 saturated heterocycles. The molecule has 3 aromatic rings. The van der Waals surface area contributed by atoms with Gasteiger partial charge >= 0.3 is 0 Å². The predicted octanol–water partition coefficient (Wildman–Crippen LogP) is 2.84. The maximum absolute atomic E-state index is 12.5. The molecule has 0 radical (unpaired) electrons. The molecule has 128 valence electrons. The quantitative estimate of drug-likeness (QED) is 0.780. The Bertz CT molecular complexity index is 1010. The Hall–Kier alpha value is -2.93. The molecule has 0 unspecified atom stereocenters. The van der Waals surface area contributed by atoms with Gasteiger partial charge in [-0.05, 0) is 55.0 Å². The Morgan fingerprint density at radius 1 is 1.12 bits per heavy atom. The van der Waals surface area contributed by atoms with E-state index in [0.717, 1.165) is 11.9 Å². The Morgan fingerprint density at radius 2 is 1.84 bits per heavy atom. The van der Waals surface area contributed by atoms with Crippen molar-refractivity contribution in [1.29, 1.82) is 0 Å². The summed E-state index contributed by atoms with van der Waals surface area (Å²) in [5.74, 6) is -0.352. The number of hydrogen-bond donors (Lipinski definition) is 1. The summed E-state index contributed by atoms with van der Waals surface area (Å²) < 4.78 is 25.1. The lowest BCUT2D eigenvalue weighted by molar-refractivity contribution is 0.102. The number of nitrogens with zero attached hydrogens (tertiary/aromatic N) is 2. The Morgan fingerprint density at radius 3 is 2.44 bits per heavy atom. The van der Waals surface area contributed by atoms with Gasteiger partial charge < -0.3 is 5.32 Å². The van der Waals surface area contributed by atoms with E-state index in [-0.39, 0.29) is 10.8 Å². The van der Waals surface area contributed by atoms with Crippen molar-refractivity contribution in [3.05, 3.63) is 72.1 Å². The maximum Gasteiger partial charge on any atom is 0.255 e. The molecule has 1 N–H and O–H groups in total. The van der Waals surface area contributed by atoms with Gasteiger partial charge in [-0.3, -0.25) is 4.79 Å². The van der Waals surface area contributed by atoms with Crippen LogP contribution in [0.15, 0.2) is 65.8 Å². The van der Waals surface area contributed by atoms with Gasteiger partial charge in [-0.1, -0.05) is 6.07 Å². The predicted molar refractivity (Wildman–Crippen MR) is 95.8 cm³/mol. The van der Waals surface area contributed by atoms with Crippen molar-refractivity contribution in [1.82, 2.24) is 9.78 Å². The lowest BCUT2D eigenvalue weighted by Gasteiger charge is -2.10. The van der Waals surface area contributed by atoms with Crippen LogP contribution in [0, 0.1) is 6.92 Å². The van der Waals surface area contributed by atoms with Crippen LogP contribution >= 0.6 is 0 Å². The SMILES string of the molecule is Cc1ccc(S(C)(=O)=O)cc1C(=O)Nc1ccc(-n2cccn2)cc1. The third-order valence-corrected chi connectivity index (χ3v) is 4.89. The molecule has 0 aliphatic carbocycles. The highest BCUT2D eigenvalue weighted by molar-refractivity contribution is 7.90. The van der Waals surface area contributed by atoms with Crippen molar-refractivity contribution in [2.45, 2.75) is 11.8 Å². The van der Waals surface area contributed by atoms with E-state index in [1.165, 1.54) is 12.1 Å². The molecule has 3 rings (SSSR count). The number of aryl methyl sites for hydroxylation is 1. The fraction of sp³-hybridized carbons (Fsp3) is 0.111. The minimum Gasteiger partial charge on any atom is -0.322 e. The lowest BCUT2D eigenvalue weighted by Crippen LogP contribution is -2.14. The van der Waals surface area contributed by atoms with Gasteiger partial charge in [-0.2, -0.15) is 5.10 Å². The van der Waals surface area contributed by atoms with E-state index in [9.17, 15) is 13.2 Å². The molecule has 0 atom stereocenters. The number of nitrogens with one attached hydrogen (secondary N) is 1. The van der Waals surface area contributed by atoms with Gasteiger partial charge in [-0.15, -0.1) is 0 Å². The number of amides is 1. The van der Waals surface area contributed by atoms with E-state index in [1.807, 2.05) is 24.4 Å². The first-order chi connectivity index (χ1) is 11.8. The maximum atomic E-state index is 12.5. The first-order valence-electron chi connectivity index (χ1n) is 7.57. The third-order valence-electron chi connectivity index (χ3n) is 3.78. The van der Waals surface area contributed by atoms with Gasteiger partial charge in [0, 0.05) is 29.9 Å². The monoisotopic (exact) mass is 355 g/mol. The normalized spacial score (nSPS) is 11.3. The molecular formula is C18H17N3O3S. The molecule has 2 aromatic carbocycles. The van der Waals surface area contributed by atoms with Gasteiger partial charge in [0.1, 0.15) is 0 Å². The van der Waals surface area contributed by atoms with Crippen molar-refractivity contribution < 1.29 is 13.2 Å². The summed E-state index contributed by atoms with van der Waals surface area (Å²) in [6.07, 6.45) is 4.63. The second-order valence-electron chi connectivity index (χ2n) is 5.70. The fourth-order valence-electron chi connectivity index (χ4n) is 2.39. The highest BCUT2D eigenvalue weighted by Crippen LogP contribution is 2.18. The number of sulfone groups is 1. The summed E-state index contributed by atoms with van der Waals surface area (Å²) in [6, 6.07) is 13.6. The van der Waals surface area contributed by atoms with Crippen molar-refractivity contribution in [3.8, 4) is 5.69 Å². The van der Waals surface area contributed by atoms with Crippen LogP contribution in [0.1, 0.15) is 15.9 Å². The van der Waals surface area contributed by atoms with E-state index >= 15 is 0 Å². The van der Waals surface area contributed by atoms with E-state index in [1.54, 1.807) is 36.0 Å². The van der Waals surface area contributed by atoms with Crippen LogP contribution in [0.2, 0.25) is 0 Å². The third kappa shape index (κ3) is 3.77. The zero-order chi connectivity index (χ0) is 18.0. The molecule has 1 amide bonds. The minimum absolute atomic E-state index is 0.122. The molecule has 1 heterocycles. The number of hydrogen-bond acceptors (Lipinski definition) is 4. The van der Waals surface area contributed by atoms with E-state index in [0.29, 0.717) is 16.8 Å². The summed E-state index contributed by atoms with van der Waals surface area (Å²) in [6.45, 7) is 1.77. The van der Waals surface area contributed by atoms with Crippen molar-refractivity contribution in [2.24, 2.45) is 0 Å². The molecular weight excluding hydrogens is 338 g/mol.